The summed E-state index contributed by atoms with van der Waals surface area (Å²) < 4.78 is 15.7. The number of aliphatic imine (C=N–C) groups is 1. The fourth-order valence-corrected chi connectivity index (χ4v) is 6.24. The predicted molar refractivity (Wildman–Crippen MR) is 173 cm³/mol. The third-order valence-electron chi connectivity index (χ3n) is 8.86. The van der Waals surface area contributed by atoms with Crippen molar-refractivity contribution in [2.75, 3.05) is 38.3 Å². The number of aromatic nitrogens is 5. The topological polar surface area (TPSA) is 129 Å². The summed E-state index contributed by atoms with van der Waals surface area (Å²) in [4.78, 5) is 52.8. The second-order valence-electron chi connectivity index (χ2n) is 12.3. The van der Waals surface area contributed by atoms with Crippen molar-refractivity contribution >= 4 is 34.0 Å². The van der Waals surface area contributed by atoms with Crippen molar-refractivity contribution < 1.29 is 14.3 Å². The molecule has 0 aliphatic carbocycles. The fourth-order valence-electron chi connectivity index (χ4n) is 6.24. The molecule has 3 aliphatic rings. The number of nitrogens with zero attached hydrogens (tertiary/aromatic N) is 8. The van der Waals surface area contributed by atoms with Crippen LogP contribution in [0.4, 0.5) is 5.69 Å². The molecule has 0 saturated carbocycles. The Morgan fingerprint density at radius 2 is 1.93 bits per heavy atom. The molecule has 238 valence electrons. The molecular formula is C33H36N8O5. The molecule has 0 N–H and O–H groups in total. The average Bonchev–Trinajstić information content (AvgIpc) is 3.50. The number of amides is 1. The minimum Gasteiger partial charge on any atom is -0.382 e. The van der Waals surface area contributed by atoms with E-state index in [1.54, 1.807) is 30.0 Å². The minimum atomic E-state index is -0.763. The molecule has 0 spiro atoms. The number of morpholine rings is 1. The van der Waals surface area contributed by atoms with Crippen LogP contribution in [0.1, 0.15) is 26.1 Å². The van der Waals surface area contributed by atoms with Gasteiger partial charge in [-0.25, -0.2) is 14.5 Å². The number of pyridine rings is 1. The first-order valence-electron chi connectivity index (χ1n) is 15.5. The lowest BCUT2D eigenvalue weighted by molar-refractivity contribution is -0.123. The summed E-state index contributed by atoms with van der Waals surface area (Å²) in [6.07, 6.45) is 8.22. The Morgan fingerprint density at radius 1 is 1.07 bits per heavy atom. The number of benzene rings is 1. The van der Waals surface area contributed by atoms with Gasteiger partial charge in [0.1, 0.15) is 17.2 Å². The van der Waals surface area contributed by atoms with Gasteiger partial charge < -0.3 is 19.3 Å². The lowest BCUT2D eigenvalue weighted by Crippen LogP contribution is -2.44. The van der Waals surface area contributed by atoms with E-state index < -0.39 is 5.54 Å². The monoisotopic (exact) mass is 624 g/mol. The summed E-state index contributed by atoms with van der Waals surface area (Å²) in [5.74, 6) is 0.999. The highest BCUT2D eigenvalue weighted by molar-refractivity contribution is 6.11. The normalized spacial score (nSPS) is 19.2. The number of hydrogen-bond donors (Lipinski definition) is 0. The van der Waals surface area contributed by atoms with Gasteiger partial charge in [0.25, 0.3) is 11.5 Å². The van der Waals surface area contributed by atoms with Gasteiger partial charge in [0.2, 0.25) is 0 Å². The molecule has 1 atom stereocenters. The maximum Gasteiger partial charge on any atom is 0.350 e. The van der Waals surface area contributed by atoms with E-state index in [4.69, 9.17) is 14.5 Å². The number of hydrogen-bond acceptors (Lipinski definition) is 9. The molecule has 1 amide bonds. The van der Waals surface area contributed by atoms with E-state index in [0.29, 0.717) is 67.4 Å². The summed E-state index contributed by atoms with van der Waals surface area (Å²) in [5, 5.41) is 4.99. The van der Waals surface area contributed by atoms with Crippen molar-refractivity contribution in [3.05, 3.63) is 93.2 Å². The van der Waals surface area contributed by atoms with Gasteiger partial charge >= 0.3 is 5.69 Å². The summed E-state index contributed by atoms with van der Waals surface area (Å²) in [6, 6.07) is 11.2. The number of ether oxygens (including phenoxy) is 2. The van der Waals surface area contributed by atoms with E-state index in [1.165, 1.54) is 9.08 Å². The number of rotatable bonds is 9. The number of amidine groups is 1. The number of aryl methyl sites for hydroxylation is 2. The molecule has 46 heavy (non-hydrogen) atoms. The smallest absolute Gasteiger partial charge is 0.350 e. The molecule has 1 aromatic carbocycles. The van der Waals surface area contributed by atoms with Crippen LogP contribution in [0.2, 0.25) is 0 Å². The SMILES string of the molecule is COC[C@H]1CN(c2ccc3c(=O)n(CCC4=CN5C(=NC(=O)C5(C)C)C=C4)c(CCn4nc5ccccn5c4=O)nc3c2)CCO1. The van der Waals surface area contributed by atoms with Crippen LogP contribution < -0.4 is 16.1 Å². The van der Waals surface area contributed by atoms with E-state index in [9.17, 15) is 14.4 Å². The van der Waals surface area contributed by atoms with Crippen LogP contribution in [0.25, 0.3) is 16.6 Å². The zero-order chi connectivity index (χ0) is 32.0. The second kappa shape index (κ2) is 11.8. The van der Waals surface area contributed by atoms with E-state index in [0.717, 1.165) is 17.8 Å². The first-order valence-corrected chi connectivity index (χ1v) is 15.5. The fraction of sp³-hybridized carbons (Fsp3) is 0.394. The maximum absolute atomic E-state index is 14.1. The quantitative estimate of drug-likeness (QED) is 0.275. The average molecular weight is 625 g/mol. The van der Waals surface area contributed by atoms with Gasteiger partial charge in [-0.05, 0) is 62.2 Å². The van der Waals surface area contributed by atoms with Gasteiger partial charge in [0, 0.05) is 51.2 Å². The zero-order valence-electron chi connectivity index (χ0n) is 26.1. The minimum absolute atomic E-state index is 0.0375. The van der Waals surface area contributed by atoms with Crippen molar-refractivity contribution in [2.24, 2.45) is 4.99 Å². The molecule has 3 aromatic heterocycles. The number of carbonyl (C=O) groups excluding carboxylic acids is 1. The van der Waals surface area contributed by atoms with Crippen LogP contribution in [-0.2, 0) is 33.8 Å². The Bertz CT molecular complexity index is 2050. The van der Waals surface area contributed by atoms with Crippen LogP contribution in [0.5, 0.6) is 0 Å². The molecule has 0 bridgehead atoms. The van der Waals surface area contributed by atoms with Gasteiger partial charge in [-0.2, -0.15) is 4.99 Å². The van der Waals surface area contributed by atoms with Gasteiger partial charge in [0.15, 0.2) is 5.65 Å². The molecule has 4 aromatic rings. The molecule has 13 heteroatoms. The number of carbonyl (C=O) groups is 1. The highest BCUT2D eigenvalue weighted by atomic mass is 16.5. The van der Waals surface area contributed by atoms with Gasteiger partial charge in [-0.1, -0.05) is 12.1 Å². The molecule has 1 fully saturated rings. The van der Waals surface area contributed by atoms with Gasteiger partial charge in [0.05, 0.1) is 36.8 Å². The molecule has 7 rings (SSSR count). The lowest BCUT2D eigenvalue weighted by Gasteiger charge is -2.34. The Balaban J connectivity index is 1.22. The van der Waals surface area contributed by atoms with Crippen molar-refractivity contribution in [2.45, 2.75) is 51.4 Å². The second-order valence-corrected chi connectivity index (χ2v) is 12.3. The summed E-state index contributed by atoms with van der Waals surface area (Å²) in [5.41, 5.74) is 1.92. The van der Waals surface area contributed by atoms with Crippen molar-refractivity contribution in [1.29, 1.82) is 0 Å². The summed E-state index contributed by atoms with van der Waals surface area (Å²) >= 11 is 0. The molecule has 0 unspecified atom stereocenters. The van der Waals surface area contributed by atoms with Crippen molar-refractivity contribution in [3.63, 3.8) is 0 Å². The predicted octanol–water partition coefficient (Wildman–Crippen LogP) is 2.16. The standard InChI is InChI=1S/C33H36N8O5/c1-33(2)31(43)35-28-10-7-22(19-40(28)33)11-14-38-27(12-15-41-32(44)39-13-5-4-6-29(39)36-41)34-26-18-23(8-9-25(26)30(38)42)37-16-17-46-24(20-37)21-45-3/h4-10,13,18-19,24H,11-12,14-17,20-21H2,1-3H3/t24-/m1/s1. The number of methoxy groups -OCH3 is 1. The molecule has 1 saturated heterocycles. The largest absolute Gasteiger partial charge is 0.382 e. The first kappa shape index (κ1) is 29.8. The van der Waals surface area contributed by atoms with Crippen LogP contribution in [0.15, 0.2) is 81.1 Å². The highest BCUT2D eigenvalue weighted by Gasteiger charge is 2.41. The van der Waals surface area contributed by atoms with Crippen molar-refractivity contribution in [3.8, 4) is 0 Å². The zero-order valence-corrected chi connectivity index (χ0v) is 26.1. The Morgan fingerprint density at radius 3 is 2.76 bits per heavy atom. The van der Waals surface area contributed by atoms with E-state index in [2.05, 4.69) is 15.0 Å². The molecule has 13 nitrogen and oxygen atoms in total. The summed E-state index contributed by atoms with van der Waals surface area (Å²) in [7, 11) is 1.66. The van der Waals surface area contributed by atoms with Crippen LogP contribution >= 0.6 is 0 Å². The van der Waals surface area contributed by atoms with Crippen LogP contribution in [0.3, 0.4) is 0 Å². The molecule has 3 aliphatic heterocycles. The number of allylic oxidation sites excluding steroid dienone is 2. The lowest BCUT2D eigenvalue weighted by atomic mass is 10.0. The van der Waals surface area contributed by atoms with Crippen LogP contribution in [0, 0.1) is 0 Å². The van der Waals surface area contributed by atoms with Crippen LogP contribution in [-0.4, -0.2) is 85.4 Å². The highest BCUT2D eigenvalue weighted by Crippen LogP contribution is 2.29. The Kier molecular flexibility index (Phi) is 7.65. The number of fused-ring (bicyclic) bond motifs is 3. The van der Waals surface area contributed by atoms with E-state index >= 15 is 0 Å². The van der Waals surface area contributed by atoms with E-state index in [1.807, 2.05) is 61.4 Å². The van der Waals surface area contributed by atoms with Crippen molar-refractivity contribution in [1.82, 2.24) is 28.6 Å². The Hall–Kier alpha value is -4.88. The summed E-state index contributed by atoms with van der Waals surface area (Å²) in [6.45, 7) is 6.80. The number of anilines is 1. The first-order chi connectivity index (χ1) is 22.2. The maximum atomic E-state index is 14.1. The molecular weight excluding hydrogens is 588 g/mol. The third kappa shape index (κ3) is 5.35. The molecule has 6 heterocycles. The Labute approximate surface area is 264 Å². The van der Waals surface area contributed by atoms with Gasteiger partial charge in [-0.15, -0.1) is 5.10 Å². The molecule has 0 radical (unpaired) electrons. The third-order valence-corrected chi connectivity index (χ3v) is 8.86. The van der Waals surface area contributed by atoms with E-state index in [-0.39, 0.29) is 29.8 Å². The van der Waals surface area contributed by atoms with Gasteiger partial charge in [-0.3, -0.25) is 18.6 Å².